The maximum Gasteiger partial charge on any atom is 0.573 e. The summed E-state index contributed by atoms with van der Waals surface area (Å²) in [7, 11) is 1.72. The third-order valence-corrected chi connectivity index (χ3v) is 6.82. The van der Waals surface area contributed by atoms with E-state index in [2.05, 4.69) is 23.5 Å². The van der Waals surface area contributed by atoms with Gasteiger partial charge >= 0.3 is 6.36 Å². The minimum Gasteiger partial charge on any atom is -0.406 e. The Labute approximate surface area is 219 Å². The van der Waals surface area contributed by atoms with Crippen LogP contribution in [0.3, 0.4) is 0 Å². The molecule has 0 aliphatic heterocycles. The van der Waals surface area contributed by atoms with Gasteiger partial charge in [0.15, 0.2) is 0 Å². The van der Waals surface area contributed by atoms with Crippen LogP contribution in [0, 0.1) is 6.92 Å². The lowest BCUT2D eigenvalue weighted by Crippen LogP contribution is -2.31. The molecule has 1 atom stereocenters. The monoisotopic (exact) mass is 543 g/mol. The van der Waals surface area contributed by atoms with Crippen molar-refractivity contribution < 1.29 is 17.9 Å². The summed E-state index contributed by atoms with van der Waals surface area (Å²) in [5.41, 5.74) is 3.00. The molecule has 1 heterocycles. The zero-order chi connectivity index (χ0) is 26.6. The first-order chi connectivity index (χ1) is 16.9. The van der Waals surface area contributed by atoms with E-state index in [-0.39, 0.29) is 16.8 Å². The molecule has 0 fully saturated rings. The highest BCUT2D eigenvalue weighted by Crippen LogP contribution is 2.29. The Balaban J connectivity index is 1.83. The molecule has 0 saturated heterocycles. The lowest BCUT2D eigenvalue weighted by molar-refractivity contribution is -0.274. The standard InChI is InChI=1S/C26H30Cl2F3N3O2/c1-5-14-33(15-6-7-19-16-20(27)9-8-17(19)2)18(3)24-23(28)25(35)34(32(24)4)21-10-12-22(13-11-21)36-26(29,30)31/h8-13,16,18H,5-7,14-15H2,1-4H3. The fourth-order valence-electron chi connectivity index (χ4n) is 4.46. The van der Waals surface area contributed by atoms with Crippen molar-refractivity contribution in [3.8, 4) is 11.4 Å². The molecule has 1 aromatic heterocycles. The van der Waals surface area contributed by atoms with Gasteiger partial charge in [0.25, 0.3) is 5.56 Å². The van der Waals surface area contributed by atoms with E-state index in [0.717, 1.165) is 37.4 Å². The van der Waals surface area contributed by atoms with Crippen LogP contribution in [0.4, 0.5) is 13.2 Å². The molecule has 0 bridgehead atoms. The highest BCUT2D eigenvalue weighted by atomic mass is 35.5. The van der Waals surface area contributed by atoms with Crippen molar-refractivity contribution >= 4 is 23.2 Å². The Kier molecular flexibility index (Phi) is 9.19. The van der Waals surface area contributed by atoms with Crippen molar-refractivity contribution in [3.05, 3.63) is 79.7 Å². The summed E-state index contributed by atoms with van der Waals surface area (Å²) in [6.07, 6.45) is -2.09. The zero-order valence-corrected chi connectivity index (χ0v) is 22.2. The van der Waals surface area contributed by atoms with Crippen LogP contribution in [0.1, 0.15) is 49.6 Å². The molecular formula is C26H30Cl2F3N3O2. The normalized spacial score (nSPS) is 12.8. The number of nitrogens with zero attached hydrogens (tertiary/aromatic N) is 3. The maximum absolute atomic E-state index is 13.0. The van der Waals surface area contributed by atoms with Gasteiger partial charge in [0.05, 0.1) is 17.4 Å². The summed E-state index contributed by atoms with van der Waals surface area (Å²) in [4.78, 5) is 15.3. The quantitative estimate of drug-likeness (QED) is 0.274. The van der Waals surface area contributed by atoms with E-state index in [9.17, 15) is 18.0 Å². The SMILES string of the molecule is CCCN(CCCc1cc(Cl)ccc1C)C(C)c1c(Cl)c(=O)n(-c2ccc(OC(F)(F)F)cc2)n1C. The van der Waals surface area contributed by atoms with Gasteiger partial charge in [-0.15, -0.1) is 13.2 Å². The van der Waals surface area contributed by atoms with E-state index in [1.165, 1.54) is 40.1 Å². The molecule has 1 unspecified atom stereocenters. The molecule has 0 amide bonds. The van der Waals surface area contributed by atoms with Gasteiger partial charge in [-0.3, -0.25) is 14.4 Å². The van der Waals surface area contributed by atoms with Crippen molar-refractivity contribution in [2.45, 2.75) is 52.4 Å². The zero-order valence-electron chi connectivity index (χ0n) is 20.7. The van der Waals surface area contributed by atoms with E-state index in [1.807, 2.05) is 25.1 Å². The van der Waals surface area contributed by atoms with Crippen LogP contribution < -0.4 is 10.3 Å². The second kappa shape index (κ2) is 11.8. The third-order valence-electron chi connectivity index (χ3n) is 6.23. The van der Waals surface area contributed by atoms with E-state index in [4.69, 9.17) is 23.2 Å². The number of hydrogen-bond acceptors (Lipinski definition) is 3. The topological polar surface area (TPSA) is 39.4 Å². The lowest BCUT2D eigenvalue weighted by atomic mass is 10.0. The Morgan fingerprint density at radius 2 is 1.75 bits per heavy atom. The van der Waals surface area contributed by atoms with Gasteiger partial charge in [-0.1, -0.05) is 36.2 Å². The number of alkyl halides is 3. The fraction of sp³-hybridized carbons (Fsp3) is 0.423. The number of rotatable bonds is 10. The lowest BCUT2D eigenvalue weighted by Gasteiger charge is -2.29. The number of benzene rings is 2. The molecule has 0 aliphatic carbocycles. The average Bonchev–Trinajstić information content (AvgIpc) is 3.02. The van der Waals surface area contributed by atoms with Crippen molar-refractivity contribution in [3.63, 3.8) is 0 Å². The molecule has 3 aromatic rings. The van der Waals surface area contributed by atoms with Gasteiger partial charge in [-0.05, 0) is 93.7 Å². The number of ether oxygens (including phenoxy) is 1. The summed E-state index contributed by atoms with van der Waals surface area (Å²) in [6, 6.07) is 10.9. The van der Waals surface area contributed by atoms with Crippen molar-refractivity contribution in [1.29, 1.82) is 0 Å². The predicted molar refractivity (Wildman–Crippen MR) is 137 cm³/mol. The second-order valence-electron chi connectivity index (χ2n) is 8.77. The van der Waals surface area contributed by atoms with E-state index < -0.39 is 11.9 Å². The Bertz CT molecular complexity index is 1240. The van der Waals surface area contributed by atoms with Crippen LogP contribution in [-0.4, -0.2) is 33.7 Å². The Morgan fingerprint density at radius 1 is 1.08 bits per heavy atom. The van der Waals surface area contributed by atoms with E-state index in [1.54, 1.807) is 11.7 Å². The van der Waals surface area contributed by atoms with Crippen LogP contribution in [-0.2, 0) is 13.5 Å². The molecule has 0 aliphatic rings. The summed E-state index contributed by atoms with van der Waals surface area (Å²) in [6.45, 7) is 7.77. The summed E-state index contributed by atoms with van der Waals surface area (Å²) in [5, 5.41) is 0.808. The molecule has 5 nitrogen and oxygen atoms in total. The molecule has 10 heteroatoms. The fourth-order valence-corrected chi connectivity index (χ4v) is 5.02. The van der Waals surface area contributed by atoms with Gasteiger partial charge in [-0.25, -0.2) is 4.68 Å². The first-order valence-corrected chi connectivity index (χ1v) is 12.5. The number of halogens is 5. The minimum absolute atomic E-state index is 0.0902. The molecule has 0 radical (unpaired) electrons. The summed E-state index contributed by atoms with van der Waals surface area (Å²) >= 11 is 12.7. The molecule has 2 aromatic carbocycles. The molecule has 0 N–H and O–H groups in total. The van der Waals surface area contributed by atoms with Crippen LogP contribution in [0.2, 0.25) is 10.0 Å². The largest absolute Gasteiger partial charge is 0.573 e. The molecule has 196 valence electrons. The Hall–Kier alpha value is -2.42. The van der Waals surface area contributed by atoms with Crippen molar-refractivity contribution in [1.82, 2.24) is 14.3 Å². The van der Waals surface area contributed by atoms with Crippen molar-refractivity contribution in [2.75, 3.05) is 13.1 Å². The molecule has 0 spiro atoms. The van der Waals surface area contributed by atoms with E-state index >= 15 is 0 Å². The Morgan fingerprint density at radius 3 is 2.36 bits per heavy atom. The first kappa shape index (κ1) is 28.2. The van der Waals surface area contributed by atoms with Crippen LogP contribution in [0.5, 0.6) is 5.75 Å². The summed E-state index contributed by atoms with van der Waals surface area (Å²) in [5.74, 6) is -0.364. The van der Waals surface area contributed by atoms with Gasteiger partial charge < -0.3 is 4.74 Å². The smallest absolute Gasteiger partial charge is 0.406 e. The number of hydrogen-bond donors (Lipinski definition) is 0. The molecule has 3 rings (SSSR count). The van der Waals surface area contributed by atoms with Gasteiger partial charge in [0.2, 0.25) is 0 Å². The molecule has 36 heavy (non-hydrogen) atoms. The molecule has 0 saturated carbocycles. The van der Waals surface area contributed by atoms with Gasteiger partial charge in [0.1, 0.15) is 10.8 Å². The maximum atomic E-state index is 13.0. The van der Waals surface area contributed by atoms with E-state index in [0.29, 0.717) is 11.4 Å². The average molecular weight is 544 g/mol. The van der Waals surface area contributed by atoms with Crippen LogP contribution in [0.25, 0.3) is 5.69 Å². The summed E-state index contributed by atoms with van der Waals surface area (Å²) < 4.78 is 44.4. The van der Waals surface area contributed by atoms with Crippen LogP contribution >= 0.6 is 23.2 Å². The highest BCUT2D eigenvalue weighted by molar-refractivity contribution is 6.31. The first-order valence-electron chi connectivity index (χ1n) is 11.8. The number of aromatic nitrogens is 2. The second-order valence-corrected chi connectivity index (χ2v) is 9.58. The number of aryl methyl sites for hydroxylation is 2. The van der Waals surface area contributed by atoms with Crippen molar-refractivity contribution in [2.24, 2.45) is 7.05 Å². The van der Waals surface area contributed by atoms with Crippen LogP contribution in [0.15, 0.2) is 47.3 Å². The molecular weight excluding hydrogens is 514 g/mol. The van der Waals surface area contributed by atoms with Gasteiger partial charge in [-0.2, -0.15) is 0 Å². The third kappa shape index (κ3) is 6.66. The minimum atomic E-state index is -4.79. The van der Waals surface area contributed by atoms with Gasteiger partial charge in [0, 0.05) is 12.1 Å². The highest BCUT2D eigenvalue weighted by Gasteiger charge is 2.31. The predicted octanol–water partition coefficient (Wildman–Crippen LogP) is 7.10.